The number of amides is 2. The Bertz CT molecular complexity index is 815. The Morgan fingerprint density at radius 1 is 1.32 bits per heavy atom. The van der Waals surface area contributed by atoms with E-state index in [9.17, 15) is 14.7 Å². The summed E-state index contributed by atoms with van der Waals surface area (Å²) >= 11 is 4.06. The Morgan fingerprint density at radius 3 is 2.79 bits per heavy atom. The fourth-order valence-corrected chi connectivity index (χ4v) is 5.88. The van der Waals surface area contributed by atoms with Crippen molar-refractivity contribution in [2.24, 2.45) is 0 Å². The lowest BCUT2D eigenvalue weighted by Gasteiger charge is -2.14. The van der Waals surface area contributed by atoms with Crippen LogP contribution in [0.4, 0.5) is 9.80 Å². The fraction of sp³-hybridized carbons (Fsp3) is 0.500. The lowest BCUT2D eigenvalue weighted by molar-refractivity contribution is 0.0694. The van der Waals surface area contributed by atoms with E-state index in [1.54, 1.807) is 11.3 Å². The molecule has 0 radical (unpaired) electrons. The number of hydrogen-bond donors (Lipinski definition) is 3. The van der Waals surface area contributed by atoms with Gasteiger partial charge in [-0.05, 0) is 69.5 Å². The molecular formula is C18H24N4O3S3. The zero-order valence-electron chi connectivity index (χ0n) is 15.7. The zero-order valence-corrected chi connectivity index (χ0v) is 18.1. The summed E-state index contributed by atoms with van der Waals surface area (Å²) in [5.41, 5.74) is 0.0653. The Balaban J connectivity index is 1.50. The molecule has 0 saturated carbocycles. The van der Waals surface area contributed by atoms with Crippen LogP contribution in [0.5, 0.6) is 0 Å². The molecule has 0 spiro atoms. The summed E-state index contributed by atoms with van der Waals surface area (Å²) in [5.74, 6) is -0.423. The molecule has 1 saturated heterocycles. The van der Waals surface area contributed by atoms with Crippen molar-refractivity contribution in [2.75, 3.05) is 31.5 Å². The van der Waals surface area contributed by atoms with Gasteiger partial charge in [-0.3, -0.25) is 5.32 Å². The van der Waals surface area contributed by atoms with Crippen LogP contribution in [0.3, 0.4) is 0 Å². The van der Waals surface area contributed by atoms with E-state index in [0.29, 0.717) is 17.3 Å². The van der Waals surface area contributed by atoms with Crippen molar-refractivity contribution in [3.05, 3.63) is 27.5 Å². The number of carboxylic acids is 1. The van der Waals surface area contributed by atoms with Crippen molar-refractivity contribution in [3.8, 4) is 0 Å². The number of rotatable bonds is 9. The molecule has 3 heterocycles. The number of hydrogen-bond acceptors (Lipinski definition) is 7. The second kappa shape index (κ2) is 10.2. The quantitative estimate of drug-likeness (QED) is 0.401. The topological polar surface area (TPSA) is 94.6 Å². The molecule has 1 aliphatic rings. The first-order chi connectivity index (χ1) is 13.5. The maximum Gasteiger partial charge on any atom is 0.341 e. The summed E-state index contributed by atoms with van der Waals surface area (Å²) in [6, 6.07) is 3.69. The summed E-state index contributed by atoms with van der Waals surface area (Å²) in [7, 11) is 0. The van der Waals surface area contributed by atoms with E-state index >= 15 is 0 Å². The number of nitrogens with one attached hydrogen (secondary N) is 2. The molecule has 0 bridgehead atoms. The number of anilines is 1. The third-order valence-corrected chi connectivity index (χ3v) is 7.47. The number of carbonyl (C=O) groups is 2. The van der Waals surface area contributed by atoms with Crippen molar-refractivity contribution in [3.63, 3.8) is 0 Å². The summed E-state index contributed by atoms with van der Waals surface area (Å²) < 4.78 is 4.24. The van der Waals surface area contributed by atoms with Gasteiger partial charge in [-0.15, -0.1) is 11.3 Å². The van der Waals surface area contributed by atoms with Gasteiger partial charge in [0.2, 0.25) is 0 Å². The molecule has 0 unspecified atom stereocenters. The number of nitrogens with zero attached hydrogens (tertiary/aromatic N) is 2. The summed E-state index contributed by atoms with van der Waals surface area (Å²) in [5, 5.41) is 15.7. The Hall–Kier alpha value is -1.62. The lowest BCUT2D eigenvalue weighted by Crippen LogP contribution is -2.32. The zero-order chi connectivity index (χ0) is 19.9. The Morgan fingerprint density at radius 2 is 2.11 bits per heavy atom. The molecule has 2 aromatic heterocycles. The van der Waals surface area contributed by atoms with E-state index in [4.69, 9.17) is 0 Å². The minimum absolute atomic E-state index is 0.0653. The number of likely N-dealkylation sites (tertiary alicyclic amines) is 1. The average Bonchev–Trinajstić information content (AvgIpc) is 3.38. The first-order valence-electron chi connectivity index (χ1n) is 9.21. The van der Waals surface area contributed by atoms with E-state index in [-0.39, 0.29) is 10.6 Å². The average molecular weight is 441 g/mol. The minimum Gasteiger partial charge on any atom is -0.477 e. The first kappa shape index (κ1) is 21.1. The van der Waals surface area contributed by atoms with Crippen molar-refractivity contribution < 1.29 is 14.7 Å². The molecule has 0 atom stereocenters. The molecule has 10 heteroatoms. The highest BCUT2D eigenvalue weighted by molar-refractivity contribution is 7.98. The van der Waals surface area contributed by atoms with Gasteiger partial charge >= 0.3 is 12.0 Å². The molecule has 7 nitrogen and oxygen atoms in total. The fourth-order valence-electron chi connectivity index (χ4n) is 3.01. The van der Waals surface area contributed by atoms with Gasteiger partial charge in [0, 0.05) is 22.1 Å². The SMILES string of the molecule is Cc1ccc(CSc2nsc(NC(=O)NCCCN3CCCC3)c2C(=O)O)s1. The van der Waals surface area contributed by atoms with Gasteiger partial charge in [0.25, 0.3) is 0 Å². The molecule has 1 fully saturated rings. The van der Waals surface area contributed by atoms with Crippen molar-refractivity contribution >= 4 is 51.6 Å². The maximum atomic E-state index is 12.1. The van der Waals surface area contributed by atoms with Crippen LogP contribution in [0.1, 0.15) is 39.4 Å². The lowest BCUT2D eigenvalue weighted by atomic mass is 10.3. The van der Waals surface area contributed by atoms with Gasteiger partial charge in [-0.1, -0.05) is 11.8 Å². The molecule has 3 rings (SSSR count). The Kier molecular flexibility index (Phi) is 7.72. The highest BCUT2D eigenvalue weighted by Crippen LogP contribution is 2.34. The molecule has 28 heavy (non-hydrogen) atoms. The monoisotopic (exact) mass is 440 g/mol. The van der Waals surface area contributed by atoms with E-state index in [0.717, 1.165) is 42.5 Å². The van der Waals surface area contributed by atoms with Crippen LogP contribution in [-0.2, 0) is 5.75 Å². The van der Waals surface area contributed by atoms with Crippen LogP contribution in [-0.4, -0.2) is 52.6 Å². The van der Waals surface area contributed by atoms with Crippen molar-refractivity contribution in [2.45, 2.75) is 37.0 Å². The highest BCUT2D eigenvalue weighted by atomic mass is 32.2. The Labute approximate surface area is 176 Å². The van der Waals surface area contributed by atoms with E-state index in [1.165, 1.54) is 29.5 Å². The largest absolute Gasteiger partial charge is 0.477 e. The third-order valence-electron chi connectivity index (χ3n) is 4.38. The second-order valence-electron chi connectivity index (χ2n) is 6.58. The standard InChI is InChI=1S/C18H24N4O3S3/c1-12-5-6-13(27-12)11-26-16-14(17(23)24)15(28-21-16)20-18(25)19-7-4-10-22-8-2-3-9-22/h5-6H,2-4,7-11H2,1H3,(H,23,24)(H2,19,20,25). The molecule has 2 amide bonds. The first-order valence-corrected chi connectivity index (χ1v) is 11.8. The number of thioether (sulfide) groups is 1. The predicted octanol–water partition coefficient (Wildman–Crippen LogP) is 4.11. The van der Waals surface area contributed by atoms with Crippen LogP contribution >= 0.6 is 34.6 Å². The van der Waals surface area contributed by atoms with Gasteiger partial charge < -0.3 is 15.3 Å². The summed E-state index contributed by atoms with van der Waals surface area (Å²) in [6.07, 6.45) is 3.39. The number of aromatic carboxylic acids is 1. The van der Waals surface area contributed by atoms with Crippen LogP contribution in [0, 0.1) is 6.92 Å². The number of aromatic nitrogens is 1. The smallest absolute Gasteiger partial charge is 0.341 e. The van der Waals surface area contributed by atoms with E-state index in [2.05, 4.69) is 19.9 Å². The van der Waals surface area contributed by atoms with Gasteiger partial charge in [-0.2, -0.15) is 4.37 Å². The van der Waals surface area contributed by atoms with E-state index < -0.39 is 12.0 Å². The predicted molar refractivity (Wildman–Crippen MR) is 115 cm³/mol. The maximum absolute atomic E-state index is 12.1. The highest BCUT2D eigenvalue weighted by Gasteiger charge is 2.22. The van der Waals surface area contributed by atoms with Gasteiger partial charge in [0.1, 0.15) is 15.6 Å². The molecular weight excluding hydrogens is 416 g/mol. The number of aryl methyl sites for hydroxylation is 1. The molecule has 2 aromatic rings. The number of urea groups is 1. The third kappa shape index (κ3) is 5.94. The van der Waals surface area contributed by atoms with Crippen molar-refractivity contribution in [1.82, 2.24) is 14.6 Å². The molecule has 152 valence electrons. The van der Waals surface area contributed by atoms with E-state index in [1.807, 2.05) is 19.1 Å². The van der Waals surface area contributed by atoms with Crippen LogP contribution in [0.15, 0.2) is 17.2 Å². The molecule has 0 aliphatic carbocycles. The van der Waals surface area contributed by atoms with Crippen LogP contribution < -0.4 is 10.6 Å². The number of carboxylic acid groups (broad SMARTS) is 1. The normalized spacial score (nSPS) is 14.3. The minimum atomic E-state index is -1.08. The van der Waals surface area contributed by atoms with Gasteiger partial charge in [-0.25, -0.2) is 9.59 Å². The molecule has 1 aliphatic heterocycles. The van der Waals surface area contributed by atoms with Crippen LogP contribution in [0.25, 0.3) is 0 Å². The second-order valence-corrected chi connectivity index (χ2v) is 9.69. The van der Waals surface area contributed by atoms with Crippen LogP contribution in [0.2, 0.25) is 0 Å². The summed E-state index contributed by atoms with van der Waals surface area (Å²) in [6.45, 7) is 5.85. The number of carbonyl (C=O) groups excluding carboxylic acids is 1. The molecule has 0 aromatic carbocycles. The van der Waals surface area contributed by atoms with Crippen molar-refractivity contribution in [1.29, 1.82) is 0 Å². The summed E-state index contributed by atoms with van der Waals surface area (Å²) in [4.78, 5) is 28.6. The molecule has 3 N–H and O–H groups in total. The van der Waals surface area contributed by atoms with Gasteiger partial charge in [0.15, 0.2) is 0 Å². The van der Waals surface area contributed by atoms with Gasteiger partial charge in [0.05, 0.1) is 0 Å². The number of thiophene rings is 1.